The number of nitrogens with zero attached hydrogens (tertiary/aromatic N) is 2. The van der Waals surface area contributed by atoms with Gasteiger partial charge in [0.2, 0.25) is 0 Å². The van der Waals surface area contributed by atoms with Crippen LogP contribution in [0.25, 0.3) is 0 Å². The Kier molecular flexibility index (Phi) is 5.21. The van der Waals surface area contributed by atoms with Gasteiger partial charge in [0.05, 0.1) is 7.11 Å². The Hall–Kier alpha value is -3.41. The third-order valence-electron chi connectivity index (χ3n) is 3.54. The summed E-state index contributed by atoms with van der Waals surface area (Å²) in [6.45, 7) is 0.620. The minimum absolute atomic E-state index is 0.279. The number of pyridine rings is 2. The van der Waals surface area contributed by atoms with Gasteiger partial charge < -0.3 is 15.4 Å². The van der Waals surface area contributed by atoms with Crippen LogP contribution in [0, 0.1) is 0 Å². The molecule has 3 rings (SSSR count). The molecule has 0 spiro atoms. The first-order valence-corrected chi connectivity index (χ1v) is 7.79. The first-order chi connectivity index (χ1) is 12.2. The van der Waals surface area contributed by atoms with Crippen molar-refractivity contribution < 1.29 is 9.53 Å². The average molecular weight is 334 g/mol. The fourth-order valence-corrected chi connectivity index (χ4v) is 2.27. The Morgan fingerprint density at radius 1 is 1.08 bits per heavy atom. The highest BCUT2D eigenvalue weighted by molar-refractivity contribution is 6.03. The third-order valence-corrected chi connectivity index (χ3v) is 3.54. The summed E-state index contributed by atoms with van der Waals surface area (Å²) in [7, 11) is 1.58. The smallest absolute Gasteiger partial charge is 0.274 e. The van der Waals surface area contributed by atoms with Gasteiger partial charge in [-0.25, -0.2) is 0 Å². The van der Waals surface area contributed by atoms with Gasteiger partial charge in [-0.05, 0) is 35.9 Å². The predicted octanol–water partition coefficient (Wildman–Crippen LogP) is 3.35. The number of benzene rings is 1. The monoisotopic (exact) mass is 334 g/mol. The molecule has 0 fully saturated rings. The molecular weight excluding hydrogens is 316 g/mol. The van der Waals surface area contributed by atoms with E-state index in [2.05, 4.69) is 20.6 Å². The Morgan fingerprint density at radius 3 is 2.80 bits per heavy atom. The molecule has 25 heavy (non-hydrogen) atoms. The molecule has 0 aliphatic heterocycles. The van der Waals surface area contributed by atoms with Gasteiger partial charge in [0.15, 0.2) is 0 Å². The molecule has 3 aromatic rings. The van der Waals surface area contributed by atoms with Crippen molar-refractivity contribution >= 4 is 17.3 Å². The van der Waals surface area contributed by atoms with E-state index >= 15 is 0 Å². The average Bonchev–Trinajstić information content (AvgIpc) is 2.67. The molecule has 2 heterocycles. The normalized spacial score (nSPS) is 10.1. The second-order valence-corrected chi connectivity index (χ2v) is 5.33. The molecule has 0 aliphatic carbocycles. The van der Waals surface area contributed by atoms with Crippen molar-refractivity contribution in [1.29, 1.82) is 0 Å². The lowest BCUT2D eigenvalue weighted by atomic mass is 10.2. The number of carbonyl (C=O) groups excluding carboxylic acids is 1. The van der Waals surface area contributed by atoms with Crippen LogP contribution in [0.15, 0.2) is 67.1 Å². The van der Waals surface area contributed by atoms with E-state index in [0.29, 0.717) is 23.7 Å². The standard InChI is InChI=1S/C19H18N4O2/c1-25-17-6-2-5-16(10-17)23-19(24)18-11-15(7-9-21-18)22-13-14-4-3-8-20-12-14/h2-12H,13H2,1H3,(H,21,22)(H,23,24). The number of ether oxygens (including phenoxy) is 1. The van der Waals surface area contributed by atoms with Crippen LogP contribution in [0.5, 0.6) is 5.75 Å². The van der Waals surface area contributed by atoms with Crippen LogP contribution in [0.1, 0.15) is 16.1 Å². The molecule has 2 aromatic heterocycles. The zero-order chi connectivity index (χ0) is 17.5. The van der Waals surface area contributed by atoms with Crippen molar-refractivity contribution in [3.63, 3.8) is 0 Å². The summed E-state index contributed by atoms with van der Waals surface area (Å²) in [4.78, 5) is 20.6. The summed E-state index contributed by atoms with van der Waals surface area (Å²) in [6, 6.07) is 14.6. The summed E-state index contributed by atoms with van der Waals surface area (Å²) in [5, 5.41) is 6.07. The van der Waals surface area contributed by atoms with Gasteiger partial charge in [0.25, 0.3) is 5.91 Å². The molecule has 0 aliphatic rings. The van der Waals surface area contributed by atoms with E-state index < -0.39 is 0 Å². The number of nitrogens with one attached hydrogen (secondary N) is 2. The van der Waals surface area contributed by atoms with E-state index in [-0.39, 0.29) is 5.91 Å². The minimum Gasteiger partial charge on any atom is -0.497 e. The summed E-state index contributed by atoms with van der Waals surface area (Å²) in [5.41, 5.74) is 2.86. The largest absolute Gasteiger partial charge is 0.497 e. The highest BCUT2D eigenvalue weighted by Crippen LogP contribution is 2.18. The summed E-state index contributed by atoms with van der Waals surface area (Å²) >= 11 is 0. The number of methoxy groups -OCH3 is 1. The van der Waals surface area contributed by atoms with E-state index in [0.717, 1.165) is 11.3 Å². The van der Waals surface area contributed by atoms with Gasteiger partial charge in [-0.2, -0.15) is 0 Å². The number of anilines is 2. The van der Waals surface area contributed by atoms with Gasteiger partial charge in [-0.1, -0.05) is 12.1 Å². The zero-order valence-corrected chi connectivity index (χ0v) is 13.8. The molecule has 0 saturated heterocycles. The number of amides is 1. The molecule has 0 atom stereocenters. The lowest BCUT2D eigenvalue weighted by Crippen LogP contribution is -2.14. The van der Waals surface area contributed by atoms with Crippen molar-refractivity contribution in [3.8, 4) is 5.75 Å². The number of carbonyl (C=O) groups is 1. The number of hydrogen-bond acceptors (Lipinski definition) is 5. The number of hydrogen-bond donors (Lipinski definition) is 2. The summed E-state index contributed by atoms with van der Waals surface area (Å²) in [6.07, 6.45) is 5.13. The van der Waals surface area contributed by atoms with Crippen LogP contribution in [0.2, 0.25) is 0 Å². The maximum atomic E-state index is 12.4. The summed E-state index contributed by atoms with van der Waals surface area (Å²) < 4.78 is 5.15. The van der Waals surface area contributed by atoms with Gasteiger partial charge in [-0.15, -0.1) is 0 Å². The van der Waals surface area contributed by atoms with Crippen LogP contribution >= 0.6 is 0 Å². The van der Waals surface area contributed by atoms with Crippen LogP contribution in [0.3, 0.4) is 0 Å². The van der Waals surface area contributed by atoms with Crippen molar-refractivity contribution in [3.05, 3.63) is 78.4 Å². The van der Waals surface area contributed by atoms with Gasteiger partial charge in [-0.3, -0.25) is 14.8 Å². The van der Waals surface area contributed by atoms with Gasteiger partial charge in [0.1, 0.15) is 11.4 Å². The van der Waals surface area contributed by atoms with E-state index in [4.69, 9.17) is 4.74 Å². The molecule has 0 bridgehead atoms. The molecule has 126 valence electrons. The molecule has 0 saturated carbocycles. The van der Waals surface area contributed by atoms with E-state index in [1.54, 1.807) is 43.9 Å². The summed E-state index contributed by atoms with van der Waals surface area (Å²) in [5.74, 6) is 0.399. The molecular formula is C19H18N4O2. The van der Waals surface area contributed by atoms with Crippen molar-refractivity contribution in [2.75, 3.05) is 17.7 Å². The highest BCUT2D eigenvalue weighted by atomic mass is 16.5. The van der Waals surface area contributed by atoms with Crippen LogP contribution in [-0.2, 0) is 6.54 Å². The van der Waals surface area contributed by atoms with Crippen molar-refractivity contribution in [2.24, 2.45) is 0 Å². The Morgan fingerprint density at radius 2 is 2.00 bits per heavy atom. The minimum atomic E-state index is -0.279. The van der Waals surface area contributed by atoms with Crippen molar-refractivity contribution in [1.82, 2.24) is 9.97 Å². The SMILES string of the molecule is COc1cccc(NC(=O)c2cc(NCc3cccnc3)ccn2)c1. The number of aromatic nitrogens is 2. The number of rotatable bonds is 6. The van der Waals surface area contributed by atoms with Crippen molar-refractivity contribution in [2.45, 2.75) is 6.54 Å². The second kappa shape index (κ2) is 7.92. The molecule has 1 amide bonds. The Bertz CT molecular complexity index is 853. The molecule has 6 heteroatoms. The molecule has 2 N–H and O–H groups in total. The highest BCUT2D eigenvalue weighted by Gasteiger charge is 2.09. The van der Waals surface area contributed by atoms with E-state index in [1.165, 1.54) is 0 Å². The third kappa shape index (κ3) is 4.54. The fraction of sp³-hybridized carbons (Fsp3) is 0.105. The second-order valence-electron chi connectivity index (χ2n) is 5.33. The molecule has 0 unspecified atom stereocenters. The first-order valence-electron chi connectivity index (χ1n) is 7.79. The fourth-order valence-electron chi connectivity index (χ4n) is 2.27. The topological polar surface area (TPSA) is 76.1 Å². The molecule has 0 radical (unpaired) electrons. The lowest BCUT2D eigenvalue weighted by molar-refractivity contribution is 0.102. The molecule has 6 nitrogen and oxygen atoms in total. The van der Waals surface area contributed by atoms with Crippen LogP contribution < -0.4 is 15.4 Å². The van der Waals surface area contributed by atoms with Crippen LogP contribution in [-0.4, -0.2) is 23.0 Å². The van der Waals surface area contributed by atoms with Gasteiger partial charge in [0, 0.05) is 42.6 Å². The van der Waals surface area contributed by atoms with E-state index in [9.17, 15) is 4.79 Å². The quantitative estimate of drug-likeness (QED) is 0.723. The lowest BCUT2D eigenvalue weighted by Gasteiger charge is -2.09. The van der Waals surface area contributed by atoms with Gasteiger partial charge >= 0.3 is 0 Å². The first kappa shape index (κ1) is 16.4. The Balaban J connectivity index is 1.66. The predicted molar refractivity (Wildman–Crippen MR) is 96.7 cm³/mol. The van der Waals surface area contributed by atoms with E-state index in [1.807, 2.05) is 30.3 Å². The maximum absolute atomic E-state index is 12.4. The Labute approximate surface area is 145 Å². The molecule has 1 aromatic carbocycles. The van der Waals surface area contributed by atoms with Crippen LogP contribution in [0.4, 0.5) is 11.4 Å². The zero-order valence-electron chi connectivity index (χ0n) is 13.8. The maximum Gasteiger partial charge on any atom is 0.274 e.